The summed E-state index contributed by atoms with van der Waals surface area (Å²) >= 11 is 0. The molecule has 0 aliphatic rings. The maximum absolute atomic E-state index is 9.26. The lowest BCUT2D eigenvalue weighted by Crippen LogP contribution is -2.23. The van der Waals surface area contributed by atoms with Gasteiger partial charge >= 0.3 is 0 Å². The lowest BCUT2D eigenvalue weighted by molar-refractivity contribution is 0.105. The lowest BCUT2D eigenvalue weighted by Gasteiger charge is -2.11. The van der Waals surface area contributed by atoms with Gasteiger partial charge in [-0.3, -0.25) is 0 Å². The van der Waals surface area contributed by atoms with E-state index < -0.39 is 6.10 Å². The summed E-state index contributed by atoms with van der Waals surface area (Å²) in [6.45, 7) is 0.0351. The summed E-state index contributed by atoms with van der Waals surface area (Å²) in [6, 6.07) is 5.62. The van der Waals surface area contributed by atoms with Gasteiger partial charge < -0.3 is 15.5 Å². The molecule has 86 valence electrons. The number of anilines is 1. The average Bonchev–Trinajstić information content (AvgIpc) is 2.69. The van der Waals surface area contributed by atoms with Crippen molar-refractivity contribution < 1.29 is 10.2 Å². The molecule has 1 aromatic carbocycles. The van der Waals surface area contributed by atoms with Gasteiger partial charge in [-0.2, -0.15) is 0 Å². The molecular weight excluding hydrogens is 208 g/mol. The summed E-state index contributed by atoms with van der Waals surface area (Å²) in [5.74, 6) is 0. The third-order valence-electron chi connectivity index (χ3n) is 2.36. The van der Waals surface area contributed by atoms with E-state index in [1.807, 2.05) is 25.2 Å². The third-order valence-corrected chi connectivity index (χ3v) is 2.36. The minimum absolute atomic E-state index is 0.257. The first kappa shape index (κ1) is 10.8. The second-order valence-corrected chi connectivity index (χ2v) is 3.60. The Balaban J connectivity index is 2.26. The molecule has 1 aromatic heterocycles. The highest BCUT2D eigenvalue weighted by Crippen LogP contribution is 2.20. The van der Waals surface area contributed by atoms with Crippen LogP contribution in [0.15, 0.2) is 18.2 Å². The van der Waals surface area contributed by atoms with Gasteiger partial charge in [0.05, 0.1) is 18.4 Å². The van der Waals surface area contributed by atoms with Crippen LogP contribution in [0.4, 0.5) is 5.69 Å². The molecule has 3 N–H and O–H groups in total. The van der Waals surface area contributed by atoms with Crippen molar-refractivity contribution in [3.63, 3.8) is 0 Å². The summed E-state index contributed by atoms with van der Waals surface area (Å²) in [5.41, 5.74) is 2.52. The van der Waals surface area contributed by atoms with Crippen molar-refractivity contribution in [1.82, 2.24) is 15.0 Å². The monoisotopic (exact) mass is 222 g/mol. The van der Waals surface area contributed by atoms with E-state index in [9.17, 15) is 5.11 Å². The van der Waals surface area contributed by atoms with Crippen LogP contribution in [-0.2, 0) is 7.05 Å². The maximum Gasteiger partial charge on any atom is 0.115 e. The number of aryl methyl sites for hydroxylation is 1. The molecule has 0 aliphatic heterocycles. The van der Waals surface area contributed by atoms with Crippen LogP contribution in [0.5, 0.6) is 0 Å². The molecule has 6 heteroatoms. The molecule has 16 heavy (non-hydrogen) atoms. The van der Waals surface area contributed by atoms with E-state index in [-0.39, 0.29) is 6.61 Å². The van der Waals surface area contributed by atoms with Gasteiger partial charge in [0.15, 0.2) is 0 Å². The Morgan fingerprint density at radius 1 is 1.50 bits per heavy atom. The van der Waals surface area contributed by atoms with Crippen molar-refractivity contribution in [2.75, 3.05) is 18.5 Å². The number of nitrogens with zero attached hydrogens (tertiary/aromatic N) is 3. The standard InChI is InChI=1S/C10H14N4O2/c1-14-10-8(11-5-7(16)6-15)3-2-4-9(10)12-13-14/h2-4,7,11,15-16H,5-6H2,1H3. The Kier molecular flexibility index (Phi) is 3.02. The Morgan fingerprint density at radius 3 is 3.06 bits per heavy atom. The summed E-state index contributed by atoms with van der Waals surface area (Å²) in [6.07, 6.45) is -0.767. The predicted octanol–water partition coefficient (Wildman–Crippen LogP) is -0.267. The van der Waals surface area contributed by atoms with Gasteiger partial charge in [0.1, 0.15) is 11.0 Å². The molecule has 0 bridgehead atoms. The van der Waals surface area contributed by atoms with E-state index >= 15 is 0 Å². The fourth-order valence-electron chi connectivity index (χ4n) is 1.55. The fraction of sp³-hybridized carbons (Fsp3) is 0.400. The van der Waals surface area contributed by atoms with Gasteiger partial charge in [-0.15, -0.1) is 5.10 Å². The Hall–Kier alpha value is -1.66. The molecule has 0 amide bonds. The topological polar surface area (TPSA) is 83.2 Å². The third kappa shape index (κ3) is 1.98. The minimum atomic E-state index is -0.767. The van der Waals surface area contributed by atoms with Crippen molar-refractivity contribution in [3.05, 3.63) is 18.2 Å². The summed E-state index contributed by atoms with van der Waals surface area (Å²) in [7, 11) is 1.81. The molecule has 1 unspecified atom stereocenters. The van der Waals surface area contributed by atoms with Crippen LogP contribution in [0.2, 0.25) is 0 Å². The van der Waals surface area contributed by atoms with Gasteiger partial charge in [-0.1, -0.05) is 11.3 Å². The van der Waals surface area contributed by atoms with Crippen LogP contribution in [0.3, 0.4) is 0 Å². The van der Waals surface area contributed by atoms with E-state index in [1.165, 1.54) is 0 Å². The molecule has 1 heterocycles. The number of hydrogen-bond acceptors (Lipinski definition) is 5. The van der Waals surface area contributed by atoms with Crippen molar-refractivity contribution in [3.8, 4) is 0 Å². The maximum atomic E-state index is 9.26. The molecule has 0 fully saturated rings. The molecule has 1 atom stereocenters. The van der Waals surface area contributed by atoms with Gasteiger partial charge in [0.25, 0.3) is 0 Å². The van der Waals surface area contributed by atoms with Crippen LogP contribution < -0.4 is 5.32 Å². The van der Waals surface area contributed by atoms with Gasteiger partial charge in [-0.05, 0) is 12.1 Å². The van der Waals surface area contributed by atoms with Crippen LogP contribution in [0, 0.1) is 0 Å². The lowest BCUT2D eigenvalue weighted by atomic mass is 10.2. The first-order valence-electron chi connectivity index (χ1n) is 5.03. The Morgan fingerprint density at radius 2 is 2.31 bits per heavy atom. The number of aliphatic hydroxyl groups excluding tert-OH is 2. The zero-order valence-electron chi connectivity index (χ0n) is 8.96. The number of para-hydroxylation sites is 1. The molecule has 2 rings (SSSR count). The largest absolute Gasteiger partial charge is 0.394 e. The Bertz CT molecular complexity index is 483. The van der Waals surface area contributed by atoms with Gasteiger partial charge in [0, 0.05) is 13.6 Å². The summed E-state index contributed by atoms with van der Waals surface area (Å²) in [4.78, 5) is 0. The van der Waals surface area contributed by atoms with E-state index in [0.717, 1.165) is 16.7 Å². The minimum Gasteiger partial charge on any atom is -0.394 e. The zero-order chi connectivity index (χ0) is 11.5. The number of aliphatic hydroxyl groups is 2. The normalized spacial score (nSPS) is 12.9. The molecule has 0 saturated carbocycles. The predicted molar refractivity (Wildman–Crippen MR) is 60.1 cm³/mol. The molecule has 0 radical (unpaired) electrons. The molecular formula is C10H14N4O2. The number of nitrogens with one attached hydrogen (secondary N) is 1. The van der Waals surface area contributed by atoms with Crippen molar-refractivity contribution in [2.45, 2.75) is 6.10 Å². The highest BCUT2D eigenvalue weighted by Gasteiger charge is 2.08. The van der Waals surface area contributed by atoms with Crippen LogP contribution in [-0.4, -0.2) is 44.5 Å². The van der Waals surface area contributed by atoms with E-state index in [2.05, 4.69) is 15.6 Å². The van der Waals surface area contributed by atoms with Crippen molar-refractivity contribution in [2.24, 2.45) is 7.05 Å². The number of hydrogen-bond donors (Lipinski definition) is 3. The zero-order valence-corrected chi connectivity index (χ0v) is 8.96. The first-order chi connectivity index (χ1) is 7.72. The van der Waals surface area contributed by atoms with Crippen molar-refractivity contribution in [1.29, 1.82) is 0 Å². The smallest absolute Gasteiger partial charge is 0.115 e. The number of benzene rings is 1. The molecule has 0 spiro atoms. The molecule has 0 aliphatic carbocycles. The quantitative estimate of drug-likeness (QED) is 0.663. The molecule has 6 nitrogen and oxygen atoms in total. The molecule has 2 aromatic rings. The summed E-state index contributed by atoms with van der Waals surface area (Å²) in [5, 5.41) is 28.9. The van der Waals surface area contributed by atoms with Gasteiger partial charge in [0.2, 0.25) is 0 Å². The van der Waals surface area contributed by atoms with Crippen LogP contribution in [0.1, 0.15) is 0 Å². The van der Waals surface area contributed by atoms with Crippen LogP contribution >= 0.6 is 0 Å². The van der Waals surface area contributed by atoms with E-state index in [0.29, 0.717) is 6.54 Å². The summed E-state index contributed by atoms with van der Waals surface area (Å²) < 4.78 is 1.67. The first-order valence-corrected chi connectivity index (χ1v) is 5.03. The highest BCUT2D eigenvalue weighted by molar-refractivity contribution is 5.87. The highest BCUT2D eigenvalue weighted by atomic mass is 16.3. The number of rotatable bonds is 4. The molecule has 0 saturated heterocycles. The average molecular weight is 222 g/mol. The second-order valence-electron chi connectivity index (χ2n) is 3.60. The van der Waals surface area contributed by atoms with Crippen LogP contribution in [0.25, 0.3) is 11.0 Å². The van der Waals surface area contributed by atoms with Crippen molar-refractivity contribution >= 4 is 16.7 Å². The van der Waals surface area contributed by atoms with E-state index in [1.54, 1.807) is 4.68 Å². The second kappa shape index (κ2) is 4.46. The number of fused-ring (bicyclic) bond motifs is 1. The fourth-order valence-corrected chi connectivity index (χ4v) is 1.55. The SMILES string of the molecule is Cn1nnc2cccc(NCC(O)CO)c21. The Labute approximate surface area is 92.5 Å². The number of aromatic nitrogens is 3. The van der Waals surface area contributed by atoms with Gasteiger partial charge in [-0.25, -0.2) is 4.68 Å². The van der Waals surface area contributed by atoms with E-state index in [4.69, 9.17) is 5.11 Å².